The van der Waals surface area contributed by atoms with Gasteiger partial charge in [-0.15, -0.1) is 0 Å². The summed E-state index contributed by atoms with van der Waals surface area (Å²) >= 11 is 0. The number of H-pyrrole nitrogens is 1. The molecule has 1 unspecified atom stereocenters. The third-order valence-corrected chi connectivity index (χ3v) is 5.66. The van der Waals surface area contributed by atoms with Crippen molar-refractivity contribution < 1.29 is 9.13 Å². The summed E-state index contributed by atoms with van der Waals surface area (Å²) in [5.41, 5.74) is 3.84. The Bertz CT molecular complexity index is 1460. The van der Waals surface area contributed by atoms with E-state index in [1.54, 1.807) is 36.2 Å². The summed E-state index contributed by atoms with van der Waals surface area (Å²) in [5.74, 6) is 0.370. The molecule has 0 saturated heterocycles. The SMILES string of the molecule is COc1cc(C=c2[nH]c3n(c2=O)C(c2ccc(F)cc2)CCN=3)ccc1-n1cnc(C)c1. The Hall–Kier alpha value is -3.94. The first kappa shape index (κ1) is 20.0. The largest absolute Gasteiger partial charge is 0.495 e. The molecule has 32 heavy (non-hydrogen) atoms. The number of fused-ring (bicyclic) bond motifs is 1. The highest BCUT2D eigenvalue weighted by molar-refractivity contribution is 5.58. The number of benzene rings is 2. The van der Waals surface area contributed by atoms with Crippen molar-refractivity contribution in [3.05, 3.63) is 98.9 Å². The van der Waals surface area contributed by atoms with Gasteiger partial charge < -0.3 is 14.3 Å². The molecule has 0 aliphatic carbocycles. The highest BCUT2D eigenvalue weighted by atomic mass is 19.1. The molecule has 0 saturated carbocycles. The van der Waals surface area contributed by atoms with Gasteiger partial charge in [0.2, 0.25) is 5.62 Å². The third-order valence-electron chi connectivity index (χ3n) is 5.66. The van der Waals surface area contributed by atoms with E-state index in [0.717, 1.165) is 22.5 Å². The first-order valence-electron chi connectivity index (χ1n) is 10.3. The topological polar surface area (TPSA) is 77.2 Å². The molecule has 162 valence electrons. The molecule has 0 bridgehead atoms. The second-order valence-electron chi connectivity index (χ2n) is 7.77. The van der Waals surface area contributed by atoms with Gasteiger partial charge in [-0.1, -0.05) is 18.2 Å². The molecular formula is C24H22FN5O2. The zero-order valence-corrected chi connectivity index (χ0v) is 17.7. The lowest BCUT2D eigenvalue weighted by Crippen LogP contribution is -2.37. The minimum absolute atomic E-state index is 0.161. The fourth-order valence-corrected chi connectivity index (χ4v) is 4.10. The fraction of sp³-hybridized carbons (Fsp3) is 0.208. The molecule has 3 heterocycles. The number of hydrogen-bond donors (Lipinski definition) is 1. The Morgan fingerprint density at radius 2 is 2.03 bits per heavy atom. The van der Waals surface area contributed by atoms with Crippen molar-refractivity contribution >= 4 is 6.08 Å². The normalized spacial score (nSPS) is 16.0. The zero-order valence-electron chi connectivity index (χ0n) is 17.7. The molecule has 5 rings (SSSR count). The van der Waals surface area contributed by atoms with E-state index >= 15 is 0 Å². The van der Waals surface area contributed by atoms with E-state index in [2.05, 4.69) is 15.0 Å². The van der Waals surface area contributed by atoms with Crippen LogP contribution in [0.2, 0.25) is 0 Å². The zero-order chi connectivity index (χ0) is 22.2. The van der Waals surface area contributed by atoms with Crippen LogP contribution in [0.15, 0.2) is 64.8 Å². The van der Waals surface area contributed by atoms with E-state index in [9.17, 15) is 9.18 Å². The number of rotatable bonds is 4. The van der Waals surface area contributed by atoms with Crippen molar-refractivity contribution in [1.82, 2.24) is 19.1 Å². The van der Waals surface area contributed by atoms with Gasteiger partial charge in [-0.2, -0.15) is 0 Å². The molecule has 0 radical (unpaired) electrons. The van der Waals surface area contributed by atoms with Gasteiger partial charge in [0.1, 0.15) is 16.9 Å². The minimum Gasteiger partial charge on any atom is -0.495 e. The van der Waals surface area contributed by atoms with Crippen molar-refractivity contribution in [3.8, 4) is 11.4 Å². The maximum Gasteiger partial charge on any atom is 0.277 e. The van der Waals surface area contributed by atoms with E-state index in [1.165, 1.54) is 12.1 Å². The maximum absolute atomic E-state index is 13.4. The second-order valence-corrected chi connectivity index (χ2v) is 7.77. The van der Waals surface area contributed by atoms with Crippen LogP contribution in [-0.4, -0.2) is 32.8 Å². The number of aryl methyl sites for hydroxylation is 1. The standard InChI is InChI=1S/C24H22FN5O2/c1-15-13-29(14-27-15)21-8-3-16(12-22(21)32-2)11-19-23(31)30-20(9-10-26-24(30)28-19)17-4-6-18(25)7-5-17/h3-8,11-14,20H,9-10H2,1-2H3,(H,26,28). The van der Waals surface area contributed by atoms with Gasteiger partial charge in [-0.25, -0.2) is 9.37 Å². The number of nitrogens with one attached hydrogen (secondary N) is 1. The van der Waals surface area contributed by atoms with E-state index in [4.69, 9.17) is 4.74 Å². The van der Waals surface area contributed by atoms with E-state index in [-0.39, 0.29) is 17.4 Å². The van der Waals surface area contributed by atoms with Crippen molar-refractivity contribution in [3.63, 3.8) is 0 Å². The Balaban J connectivity index is 1.57. The molecule has 1 aliphatic rings. The number of hydrogen-bond acceptors (Lipinski definition) is 4. The number of aromatic nitrogens is 4. The Labute approximate surface area is 183 Å². The Morgan fingerprint density at radius 1 is 1.22 bits per heavy atom. The molecule has 2 aromatic heterocycles. The van der Waals surface area contributed by atoms with Gasteiger partial charge in [0.25, 0.3) is 5.56 Å². The van der Waals surface area contributed by atoms with Gasteiger partial charge in [-0.05, 0) is 54.8 Å². The lowest BCUT2D eigenvalue weighted by atomic mass is 10.0. The highest BCUT2D eigenvalue weighted by Gasteiger charge is 2.21. The number of imidazole rings is 2. The van der Waals surface area contributed by atoms with Gasteiger partial charge >= 0.3 is 0 Å². The fourth-order valence-electron chi connectivity index (χ4n) is 4.10. The average molecular weight is 431 g/mol. The van der Waals surface area contributed by atoms with Crippen LogP contribution >= 0.6 is 0 Å². The first-order valence-corrected chi connectivity index (χ1v) is 10.3. The highest BCUT2D eigenvalue weighted by Crippen LogP contribution is 2.25. The molecular weight excluding hydrogens is 409 g/mol. The number of aromatic amines is 1. The van der Waals surface area contributed by atoms with Crippen LogP contribution < -0.4 is 21.3 Å². The lowest BCUT2D eigenvalue weighted by molar-refractivity contribution is 0.413. The van der Waals surface area contributed by atoms with Gasteiger partial charge in [0.15, 0.2) is 0 Å². The Morgan fingerprint density at radius 3 is 2.75 bits per heavy atom. The molecule has 2 aromatic carbocycles. The van der Waals surface area contributed by atoms with Crippen LogP contribution in [0.1, 0.15) is 29.3 Å². The average Bonchev–Trinajstić information content (AvgIpc) is 3.37. The summed E-state index contributed by atoms with van der Waals surface area (Å²) in [7, 11) is 1.61. The van der Waals surface area contributed by atoms with Crippen LogP contribution in [0, 0.1) is 12.7 Å². The quantitative estimate of drug-likeness (QED) is 0.539. The second kappa shape index (κ2) is 7.96. The van der Waals surface area contributed by atoms with Crippen molar-refractivity contribution in [2.45, 2.75) is 19.4 Å². The number of methoxy groups -OCH3 is 1. The monoisotopic (exact) mass is 431 g/mol. The first-order chi connectivity index (χ1) is 15.5. The number of halogens is 1. The van der Waals surface area contributed by atoms with Crippen LogP contribution in [-0.2, 0) is 0 Å². The van der Waals surface area contributed by atoms with Crippen molar-refractivity contribution in [2.75, 3.05) is 13.7 Å². The molecule has 4 aromatic rings. The summed E-state index contributed by atoms with van der Waals surface area (Å²) < 4.78 is 22.5. The minimum atomic E-state index is -0.298. The summed E-state index contributed by atoms with van der Waals surface area (Å²) in [6.45, 7) is 2.52. The number of nitrogens with zero attached hydrogens (tertiary/aromatic N) is 4. The summed E-state index contributed by atoms with van der Waals surface area (Å²) in [5, 5.41) is 0.436. The van der Waals surface area contributed by atoms with Crippen LogP contribution in [0.25, 0.3) is 11.8 Å². The molecule has 0 spiro atoms. The third kappa shape index (κ3) is 3.53. The van der Waals surface area contributed by atoms with Gasteiger partial charge in [0, 0.05) is 12.7 Å². The lowest BCUT2D eigenvalue weighted by Gasteiger charge is -2.20. The smallest absolute Gasteiger partial charge is 0.277 e. The number of ether oxygens (including phenoxy) is 1. The Kier molecular flexibility index (Phi) is 4.97. The summed E-state index contributed by atoms with van der Waals surface area (Å²) in [6.07, 6.45) is 6.13. The van der Waals surface area contributed by atoms with Crippen LogP contribution in [0.5, 0.6) is 5.75 Å². The molecule has 1 aliphatic heterocycles. The molecule has 8 heteroatoms. The summed E-state index contributed by atoms with van der Waals surface area (Å²) in [4.78, 5) is 25.1. The maximum atomic E-state index is 13.4. The molecule has 7 nitrogen and oxygen atoms in total. The molecule has 1 N–H and O–H groups in total. The van der Waals surface area contributed by atoms with Crippen LogP contribution in [0.3, 0.4) is 0 Å². The summed E-state index contributed by atoms with van der Waals surface area (Å²) in [6, 6.07) is 11.8. The van der Waals surface area contributed by atoms with E-state index in [0.29, 0.717) is 29.7 Å². The van der Waals surface area contributed by atoms with Crippen molar-refractivity contribution in [2.24, 2.45) is 4.99 Å². The van der Waals surface area contributed by atoms with E-state index in [1.807, 2.05) is 35.9 Å². The molecule has 0 fully saturated rings. The van der Waals surface area contributed by atoms with E-state index < -0.39 is 0 Å². The van der Waals surface area contributed by atoms with Gasteiger partial charge in [0.05, 0.1) is 30.9 Å². The molecule has 1 atom stereocenters. The predicted octanol–water partition coefficient (Wildman–Crippen LogP) is 2.26. The van der Waals surface area contributed by atoms with Crippen LogP contribution in [0.4, 0.5) is 4.39 Å². The predicted molar refractivity (Wildman–Crippen MR) is 118 cm³/mol. The molecule has 0 amide bonds. The van der Waals surface area contributed by atoms with Gasteiger partial charge in [-0.3, -0.25) is 14.4 Å². The van der Waals surface area contributed by atoms with Crippen molar-refractivity contribution in [1.29, 1.82) is 0 Å².